The lowest BCUT2D eigenvalue weighted by atomic mass is 10.2. The van der Waals surface area contributed by atoms with E-state index in [1.165, 1.54) is 34.9 Å². The number of nitrogens with zero attached hydrogens (tertiary/aromatic N) is 2. The Hall–Kier alpha value is -2.09. The molecular weight excluding hydrogens is 408 g/mol. The molecule has 4 nitrogen and oxygen atoms in total. The summed E-state index contributed by atoms with van der Waals surface area (Å²) in [6.07, 6.45) is 5.18. The van der Waals surface area contributed by atoms with E-state index in [0.717, 1.165) is 16.1 Å². The average Bonchev–Trinajstić information content (AvgIpc) is 2.98. The summed E-state index contributed by atoms with van der Waals surface area (Å²) in [7, 11) is 0. The number of allylic oxidation sites excluding steroid dienone is 3. The van der Waals surface area contributed by atoms with Crippen LogP contribution in [-0.4, -0.2) is 27.3 Å². The number of aromatic nitrogens is 2. The van der Waals surface area contributed by atoms with Crippen molar-refractivity contribution in [3.05, 3.63) is 74.8 Å². The van der Waals surface area contributed by atoms with E-state index in [0.29, 0.717) is 20.3 Å². The van der Waals surface area contributed by atoms with Crippen LogP contribution in [0.3, 0.4) is 0 Å². The molecule has 0 radical (unpaired) electrons. The highest BCUT2D eigenvalue weighted by molar-refractivity contribution is 8.04. The number of thiophene rings is 1. The van der Waals surface area contributed by atoms with Crippen molar-refractivity contribution in [3.63, 3.8) is 0 Å². The van der Waals surface area contributed by atoms with Crippen LogP contribution in [-0.2, 0) is 4.79 Å². The van der Waals surface area contributed by atoms with Gasteiger partial charge in [-0.3, -0.25) is 14.2 Å². The first-order valence-corrected chi connectivity index (χ1v) is 11.6. The number of Topliss-reactive ketones (excluding diaryl/α,β-unsaturated/α-hetero) is 1. The maximum absolute atomic E-state index is 13.3. The smallest absolute Gasteiger partial charge is 0.267 e. The van der Waals surface area contributed by atoms with Crippen molar-refractivity contribution < 1.29 is 4.79 Å². The number of hydrogen-bond acceptors (Lipinski definition) is 6. The van der Waals surface area contributed by atoms with Crippen LogP contribution in [0, 0.1) is 13.8 Å². The maximum Gasteiger partial charge on any atom is 0.267 e. The number of hydrogen-bond donors (Lipinski definition) is 0. The second-order valence-corrected chi connectivity index (χ2v) is 9.01. The molecule has 0 saturated carbocycles. The largest absolute Gasteiger partial charge is 0.293 e. The Kier molecular flexibility index (Phi) is 6.59. The van der Waals surface area contributed by atoms with Gasteiger partial charge >= 0.3 is 0 Å². The molecule has 0 unspecified atom stereocenters. The van der Waals surface area contributed by atoms with Crippen molar-refractivity contribution in [3.8, 4) is 5.69 Å². The number of rotatable bonds is 7. The van der Waals surface area contributed by atoms with Gasteiger partial charge in [0.25, 0.3) is 5.56 Å². The molecule has 2 heterocycles. The van der Waals surface area contributed by atoms with E-state index in [9.17, 15) is 9.59 Å². The van der Waals surface area contributed by atoms with Gasteiger partial charge in [-0.15, -0.1) is 23.1 Å². The molecule has 0 atom stereocenters. The fourth-order valence-corrected chi connectivity index (χ4v) is 5.35. The number of carbonyl (C=O) groups excluding carboxylic acids is 1. The Morgan fingerprint density at radius 2 is 2.00 bits per heavy atom. The second kappa shape index (κ2) is 8.94. The van der Waals surface area contributed by atoms with E-state index in [1.807, 2.05) is 50.4 Å². The first-order chi connectivity index (χ1) is 13.5. The van der Waals surface area contributed by atoms with Crippen LogP contribution < -0.4 is 5.56 Å². The first kappa shape index (κ1) is 20.6. The zero-order chi connectivity index (χ0) is 20.3. The number of fused-ring (bicyclic) bond motifs is 1. The van der Waals surface area contributed by atoms with Gasteiger partial charge < -0.3 is 0 Å². The summed E-state index contributed by atoms with van der Waals surface area (Å²) in [4.78, 5) is 33.0. The van der Waals surface area contributed by atoms with Crippen molar-refractivity contribution in [2.75, 3.05) is 12.0 Å². The molecule has 0 aliphatic rings. The minimum Gasteiger partial charge on any atom is -0.293 e. The Morgan fingerprint density at radius 1 is 1.29 bits per heavy atom. The number of ketones is 1. The molecule has 0 fully saturated rings. The normalized spacial score (nSPS) is 11.8. The predicted molar refractivity (Wildman–Crippen MR) is 122 cm³/mol. The molecule has 0 amide bonds. The Labute approximate surface area is 176 Å². The zero-order valence-electron chi connectivity index (χ0n) is 15.9. The molecule has 28 heavy (non-hydrogen) atoms. The number of thioether (sulfide) groups is 2. The molecule has 0 aliphatic carbocycles. The Balaban J connectivity index is 2.11. The van der Waals surface area contributed by atoms with Crippen molar-refractivity contribution in [2.24, 2.45) is 0 Å². The summed E-state index contributed by atoms with van der Waals surface area (Å²) in [5.74, 6) is 0.194. The molecular formula is C21H20N2O2S3. The van der Waals surface area contributed by atoms with Gasteiger partial charge in [-0.05, 0) is 43.9 Å². The number of carbonyl (C=O) groups is 1. The highest BCUT2D eigenvalue weighted by Crippen LogP contribution is 2.30. The molecule has 7 heteroatoms. The zero-order valence-corrected chi connectivity index (χ0v) is 18.3. The lowest BCUT2D eigenvalue weighted by Gasteiger charge is -2.12. The maximum atomic E-state index is 13.3. The van der Waals surface area contributed by atoms with E-state index in [-0.39, 0.29) is 17.1 Å². The van der Waals surface area contributed by atoms with Crippen LogP contribution in [0.5, 0.6) is 0 Å². The lowest BCUT2D eigenvalue weighted by Crippen LogP contribution is -2.22. The van der Waals surface area contributed by atoms with Gasteiger partial charge in [0.1, 0.15) is 4.83 Å². The van der Waals surface area contributed by atoms with E-state index in [4.69, 9.17) is 4.98 Å². The highest BCUT2D eigenvalue weighted by atomic mass is 32.2. The first-order valence-electron chi connectivity index (χ1n) is 8.58. The van der Waals surface area contributed by atoms with E-state index < -0.39 is 0 Å². The second-order valence-electron chi connectivity index (χ2n) is 6.02. The van der Waals surface area contributed by atoms with Gasteiger partial charge in [-0.25, -0.2) is 4.98 Å². The SMILES string of the molecule is C=CC=C(SC)C(=O)CSc1nc2sc(C)c(C)c2c(=O)n1-c1ccccc1. The fraction of sp³-hybridized carbons (Fsp3) is 0.190. The Morgan fingerprint density at radius 3 is 2.64 bits per heavy atom. The Bertz CT molecular complexity index is 1130. The van der Waals surface area contributed by atoms with E-state index in [1.54, 1.807) is 16.7 Å². The fourth-order valence-electron chi connectivity index (χ4n) is 2.76. The van der Waals surface area contributed by atoms with Crippen LogP contribution in [0.15, 0.2) is 63.9 Å². The van der Waals surface area contributed by atoms with E-state index >= 15 is 0 Å². The third kappa shape index (κ3) is 4.01. The standard InChI is InChI=1S/C21H20N2O2S3/c1-5-9-17(26-4)16(24)12-27-21-22-19-18(13(2)14(3)28-19)20(25)23(21)15-10-7-6-8-11-15/h5-11H,1,12H2,2-4H3. The third-order valence-corrected chi connectivity index (χ3v) is 7.13. The highest BCUT2D eigenvalue weighted by Gasteiger charge is 2.19. The van der Waals surface area contributed by atoms with Crippen molar-refractivity contribution >= 4 is 50.9 Å². The van der Waals surface area contributed by atoms with Crippen LogP contribution in [0.1, 0.15) is 10.4 Å². The minimum absolute atomic E-state index is 0.00935. The summed E-state index contributed by atoms with van der Waals surface area (Å²) in [6.45, 7) is 7.60. The van der Waals surface area contributed by atoms with Gasteiger partial charge in [0, 0.05) is 4.88 Å². The van der Waals surface area contributed by atoms with Crippen LogP contribution in [0.25, 0.3) is 15.9 Å². The molecule has 3 rings (SSSR count). The predicted octanol–water partition coefficient (Wildman–Crippen LogP) is 5.16. The van der Waals surface area contributed by atoms with Crippen LogP contribution in [0.2, 0.25) is 0 Å². The summed E-state index contributed by atoms with van der Waals surface area (Å²) in [6, 6.07) is 9.42. The summed E-state index contributed by atoms with van der Waals surface area (Å²) in [5, 5.41) is 1.18. The molecule has 2 aromatic heterocycles. The topological polar surface area (TPSA) is 52.0 Å². The minimum atomic E-state index is -0.0975. The van der Waals surface area contributed by atoms with Gasteiger partial charge in [-0.1, -0.05) is 42.6 Å². The number of para-hydroxylation sites is 1. The van der Waals surface area contributed by atoms with Crippen molar-refractivity contribution in [2.45, 2.75) is 19.0 Å². The summed E-state index contributed by atoms with van der Waals surface area (Å²) >= 11 is 4.19. The lowest BCUT2D eigenvalue weighted by molar-refractivity contribution is -0.112. The van der Waals surface area contributed by atoms with Crippen LogP contribution >= 0.6 is 34.9 Å². The molecule has 0 bridgehead atoms. The van der Waals surface area contributed by atoms with Crippen molar-refractivity contribution in [1.82, 2.24) is 9.55 Å². The van der Waals surface area contributed by atoms with E-state index in [2.05, 4.69) is 6.58 Å². The number of aryl methyl sites for hydroxylation is 2. The van der Waals surface area contributed by atoms with Gasteiger partial charge in [0.15, 0.2) is 10.9 Å². The molecule has 0 aliphatic heterocycles. The van der Waals surface area contributed by atoms with Gasteiger partial charge in [-0.2, -0.15) is 0 Å². The third-order valence-electron chi connectivity index (χ3n) is 4.28. The molecule has 3 aromatic rings. The molecule has 144 valence electrons. The molecule has 1 aromatic carbocycles. The average molecular weight is 429 g/mol. The quantitative estimate of drug-likeness (QED) is 0.225. The van der Waals surface area contributed by atoms with Crippen LogP contribution in [0.4, 0.5) is 0 Å². The molecule has 0 saturated heterocycles. The summed E-state index contributed by atoms with van der Waals surface area (Å²) < 4.78 is 1.61. The number of benzene rings is 1. The summed E-state index contributed by atoms with van der Waals surface area (Å²) in [5.41, 5.74) is 1.61. The van der Waals surface area contributed by atoms with Gasteiger partial charge in [0.05, 0.1) is 21.7 Å². The molecule has 0 N–H and O–H groups in total. The molecule has 0 spiro atoms. The monoisotopic (exact) mass is 428 g/mol. The van der Waals surface area contributed by atoms with Crippen molar-refractivity contribution in [1.29, 1.82) is 0 Å². The van der Waals surface area contributed by atoms with Gasteiger partial charge in [0.2, 0.25) is 0 Å².